The summed E-state index contributed by atoms with van der Waals surface area (Å²) in [4.78, 5) is 51.6. The van der Waals surface area contributed by atoms with Crippen molar-refractivity contribution in [1.82, 2.24) is 16.0 Å². The molecule has 37 heavy (non-hydrogen) atoms. The van der Waals surface area contributed by atoms with E-state index in [1.165, 1.54) is 7.11 Å². The van der Waals surface area contributed by atoms with E-state index in [9.17, 15) is 19.2 Å². The van der Waals surface area contributed by atoms with E-state index < -0.39 is 35.4 Å². The van der Waals surface area contributed by atoms with Crippen LogP contribution in [0.15, 0.2) is 60.7 Å². The molecule has 0 aliphatic carbocycles. The van der Waals surface area contributed by atoms with Crippen LogP contribution in [0.3, 0.4) is 0 Å². The molecule has 3 atom stereocenters. The van der Waals surface area contributed by atoms with Gasteiger partial charge in [0.25, 0.3) is 5.91 Å². The Labute approximate surface area is 219 Å². The first-order valence-electron chi connectivity index (χ1n) is 12.5. The summed E-state index contributed by atoms with van der Waals surface area (Å²) in [6, 6.07) is 15.8. The van der Waals surface area contributed by atoms with Gasteiger partial charge in [0, 0.05) is 18.0 Å². The third kappa shape index (κ3) is 8.74. The summed E-state index contributed by atoms with van der Waals surface area (Å²) in [5.41, 5.74) is 0.273. The van der Waals surface area contributed by atoms with Gasteiger partial charge in [-0.25, -0.2) is 4.79 Å². The van der Waals surface area contributed by atoms with E-state index in [1.54, 1.807) is 45.0 Å². The van der Waals surface area contributed by atoms with Gasteiger partial charge in [-0.2, -0.15) is 0 Å². The molecule has 0 aliphatic rings. The average Bonchev–Trinajstić information content (AvgIpc) is 2.87. The standard InChI is InChI=1S/C29H39N3O5/c1-19(2)17-24(27(35)37-6)32-28(36)29(4,5)20(3)30-26(34)23(18-21-13-9-7-10-14-21)31-25(33)22-15-11-8-12-16-22/h7-16,19-20,23-24H,17-18H2,1-6H3,(H,30,34)(H,31,33)(H,32,36)/t20-,23-,24-/m0/s1. The number of hydrogen-bond acceptors (Lipinski definition) is 5. The van der Waals surface area contributed by atoms with Crippen LogP contribution >= 0.6 is 0 Å². The Hall–Kier alpha value is -3.68. The molecule has 0 aliphatic heterocycles. The van der Waals surface area contributed by atoms with Crippen molar-refractivity contribution in [2.45, 2.75) is 65.6 Å². The molecule has 8 nitrogen and oxygen atoms in total. The Balaban J connectivity index is 2.17. The van der Waals surface area contributed by atoms with E-state index in [1.807, 2.05) is 50.2 Å². The second-order valence-corrected chi connectivity index (χ2v) is 10.2. The van der Waals surface area contributed by atoms with Crippen molar-refractivity contribution in [1.29, 1.82) is 0 Å². The van der Waals surface area contributed by atoms with Crippen LogP contribution in [0, 0.1) is 11.3 Å². The van der Waals surface area contributed by atoms with Crippen LogP contribution in [0.25, 0.3) is 0 Å². The molecule has 3 N–H and O–H groups in total. The van der Waals surface area contributed by atoms with Crippen molar-refractivity contribution < 1.29 is 23.9 Å². The van der Waals surface area contributed by atoms with Crippen molar-refractivity contribution >= 4 is 23.7 Å². The first-order valence-corrected chi connectivity index (χ1v) is 12.5. The highest BCUT2D eigenvalue weighted by molar-refractivity contribution is 5.97. The summed E-state index contributed by atoms with van der Waals surface area (Å²) < 4.78 is 4.85. The van der Waals surface area contributed by atoms with Crippen LogP contribution in [0.4, 0.5) is 0 Å². The minimum atomic E-state index is -1.06. The van der Waals surface area contributed by atoms with Crippen molar-refractivity contribution in [2.75, 3.05) is 7.11 Å². The van der Waals surface area contributed by atoms with Crippen LogP contribution in [-0.4, -0.2) is 48.9 Å². The molecule has 0 spiro atoms. The Kier molecular flexibility index (Phi) is 10.8. The highest BCUT2D eigenvalue weighted by atomic mass is 16.5. The van der Waals surface area contributed by atoms with Crippen molar-refractivity contribution in [2.24, 2.45) is 11.3 Å². The first kappa shape index (κ1) is 29.5. The molecule has 2 aromatic rings. The van der Waals surface area contributed by atoms with Crippen molar-refractivity contribution in [3.8, 4) is 0 Å². The molecule has 0 fully saturated rings. The monoisotopic (exact) mass is 509 g/mol. The van der Waals surface area contributed by atoms with Gasteiger partial charge >= 0.3 is 5.97 Å². The average molecular weight is 510 g/mol. The number of nitrogens with one attached hydrogen (secondary N) is 3. The van der Waals surface area contributed by atoms with E-state index in [0.29, 0.717) is 12.0 Å². The highest BCUT2D eigenvalue weighted by Crippen LogP contribution is 2.22. The van der Waals surface area contributed by atoms with Gasteiger partial charge in [0.05, 0.1) is 12.5 Å². The second kappa shape index (κ2) is 13.6. The zero-order chi connectivity index (χ0) is 27.6. The molecular formula is C29H39N3O5. The Bertz CT molecular complexity index is 1050. The van der Waals surface area contributed by atoms with Crippen LogP contribution in [0.1, 0.15) is 57.0 Å². The van der Waals surface area contributed by atoms with Gasteiger partial charge < -0.3 is 20.7 Å². The summed E-state index contributed by atoms with van der Waals surface area (Å²) in [5.74, 6) is -1.51. The SMILES string of the molecule is COC(=O)[C@H](CC(C)C)NC(=O)C(C)(C)[C@H](C)NC(=O)[C@H](Cc1ccccc1)NC(=O)c1ccccc1. The lowest BCUT2D eigenvalue weighted by molar-refractivity contribution is -0.147. The molecule has 200 valence electrons. The number of esters is 1. The number of methoxy groups -OCH3 is 1. The van der Waals surface area contributed by atoms with Crippen LogP contribution < -0.4 is 16.0 Å². The Morgan fingerprint density at radius 3 is 1.92 bits per heavy atom. The molecule has 2 aromatic carbocycles. The topological polar surface area (TPSA) is 114 Å². The molecule has 0 bridgehead atoms. The largest absolute Gasteiger partial charge is 0.467 e. The van der Waals surface area contributed by atoms with E-state index in [4.69, 9.17) is 4.74 Å². The predicted molar refractivity (Wildman–Crippen MR) is 143 cm³/mol. The molecular weight excluding hydrogens is 470 g/mol. The zero-order valence-corrected chi connectivity index (χ0v) is 22.5. The van der Waals surface area contributed by atoms with Gasteiger partial charge in [0.2, 0.25) is 11.8 Å². The third-order valence-electron chi connectivity index (χ3n) is 6.47. The van der Waals surface area contributed by atoms with E-state index in [0.717, 1.165) is 5.56 Å². The second-order valence-electron chi connectivity index (χ2n) is 10.2. The highest BCUT2D eigenvalue weighted by Gasteiger charge is 2.38. The molecule has 0 aromatic heterocycles. The number of carbonyl (C=O) groups is 4. The fraction of sp³-hybridized carbons (Fsp3) is 0.448. The smallest absolute Gasteiger partial charge is 0.328 e. The van der Waals surface area contributed by atoms with Gasteiger partial charge in [-0.1, -0.05) is 62.4 Å². The summed E-state index contributed by atoms with van der Waals surface area (Å²) in [6.45, 7) is 9.03. The molecule has 3 amide bonds. The minimum Gasteiger partial charge on any atom is -0.467 e. The number of hydrogen-bond donors (Lipinski definition) is 3. The molecule has 8 heteroatoms. The Morgan fingerprint density at radius 1 is 0.811 bits per heavy atom. The van der Waals surface area contributed by atoms with Crippen molar-refractivity contribution in [3.05, 3.63) is 71.8 Å². The lowest BCUT2D eigenvalue weighted by Crippen LogP contribution is -2.57. The maximum atomic E-state index is 13.4. The normalized spacial score (nSPS) is 13.7. The molecule has 0 unspecified atom stereocenters. The molecule has 2 rings (SSSR count). The maximum absolute atomic E-state index is 13.4. The molecule has 0 saturated heterocycles. The van der Waals surface area contributed by atoms with Gasteiger partial charge in [-0.15, -0.1) is 0 Å². The summed E-state index contributed by atoms with van der Waals surface area (Å²) in [5, 5.41) is 8.52. The zero-order valence-electron chi connectivity index (χ0n) is 22.5. The van der Waals surface area contributed by atoms with E-state index in [-0.39, 0.29) is 24.2 Å². The number of ether oxygens (including phenoxy) is 1. The predicted octanol–water partition coefficient (Wildman–Crippen LogP) is 3.26. The summed E-state index contributed by atoms with van der Waals surface area (Å²) in [6.07, 6.45) is 0.712. The lowest BCUT2D eigenvalue weighted by atomic mass is 9.83. The fourth-order valence-corrected chi connectivity index (χ4v) is 3.75. The van der Waals surface area contributed by atoms with Gasteiger partial charge in [-0.05, 0) is 50.8 Å². The van der Waals surface area contributed by atoms with Crippen LogP contribution in [-0.2, 0) is 25.5 Å². The fourth-order valence-electron chi connectivity index (χ4n) is 3.75. The molecule has 0 saturated carbocycles. The van der Waals surface area contributed by atoms with Crippen molar-refractivity contribution in [3.63, 3.8) is 0 Å². The number of rotatable bonds is 12. The quantitative estimate of drug-likeness (QED) is 0.380. The molecule has 0 heterocycles. The number of benzene rings is 2. The summed E-state index contributed by atoms with van der Waals surface area (Å²) >= 11 is 0. The lowest BCUT2D eigenvalue weighted by Gasteiger charge is -2.33. The van der Waals surface area contributed by atoms with Gasteiger partial charge in [0.1, 0.15) is 12.1 Å². The van der Waals surface area contributed by atoms with E-state index in [2.05, 4.69) is 16.0 Å². The van der Waals surface area contributed by atoms with Gasteiger partial charge in [-0.3, -0.25) is 14.4 Å². The third-order valence-corrected chi connectivity index (χ3v) is 6.47. The minimum absolute atomic E-state index is 0.164. The molecule has 0 radical (unpaired) electrons. The van der Waals surface area contributed by atoms with E-state index >= 15 is 0 Å². The number of amides is 3. The summed E-state index contributed by atoms with van der Waals surface area (Å²) in [7, 11) is 1.28. The Morgan fingerprint density at radius 2 is 1.38 bits per heavy atom. The maximum Gasteiger partial charge on any atom is 0.328 e. The van der Waals surface area contributed by atoms with Crippen LogP contribution in [0.2, 0.25) is 0 Å². The first-order chi connectivity index (χ1) is 17.4. The number of carbonyl (C=O) groups excluding carboxylic acids is 4. The van der Waals surface area contributed by atoms with Gasteiger partial charge in [0.15, 0.2) is 0 Å². The van der Waals surface area contributed by atoms with Crippen LogP contribution in [0.5, 0.6) is 0 Å².